The number of amides is 2. The van der Waals surface area contributed by atoms with Crippen molar-refractivity contribution < 1.29 is 14.3 Å². The number of benzene rings is 2. The van der Waals surface area contributed by atoms with Gasteiger partial charge in [0.05, 0.1) is 13.5 Å². The molecular formula is C21H20N2O3S. The number of methoxy groups -OCH3 is 1. The van der Waals surface area contributed by atoms with Gasteiger partial charge in [-0.15, -0.1) is 11.3 Å². The molecule has 27 heavy (non-hydrogen) atoms. The second kappa shape index (κ2) is 9.00. The van der Waals surface area contributed by atoms with Gasteiger partial charge in [-0.05, 0) is 41.3 Å². The van der Waals surface area contributed by atoms with Crippen LogP contribution in [0.5, 0.6) is 5.75 Å². The quantitative estimate of drug-likeness (QED) is 0.655. The maximum absolute atomic E-state index is 12.9. The first-order chi connectivity index (χ1) is 13.2. The molecule has 3 rings (SSSR count). The van der Waals surface area contributed by atoms with Crippen LogP contribution in [0.25, 0.3) is 0 Å². The molecule has 0 saturated carbocycles. The van der Waals surface area contributed by atoms with Gasteiger partial charge in [-0.3, -0.25) is 9.59 Å². The smallest absolute Gasteiger partial charge is 0.251 e. The van der Waals surface area contributed by atoms with Crippen LogP contribution < -0.4 is 15.4 Å². The van der Waals surface area contributed by atoms with E-state index < -0.39 is 6.04 Å². The number of carbonyl (C=O) groups excluding carboxylic acids is 2. The van der Waals surface area contributed by atoms with Gasteiger partial charge in [0, 0.05) is 10.6 Å². The van der Waals surface area contributed by atoms with E-state index in [-0.39, 0.29) is 18.2 Å². The Balaban J connectivity index is 1.74. The maximum Gasteiger partial charge on any atom is 0.251 e. The summed E-state index contributed by atoms with van der Waals surface area (Å²) in [6.07, 6.45) is 0.247. The Labute approximate surface area is 162 Å². The van der Waals surface area contributed by atoms with Gasteiger partial charge in [0.15, 0.2) is 0 Å². The van der Waals surface area contributed by atoms with Crippen LogP contribution in [-0.4, -0.2) is 18.9 Å². The van der Waals surface area contributed by atoms with Crippen LogP contribution in [-0.2, 0) is 16.0 Å². The van der Waals surface area contributed by atoms with Gasteiger partial charge in [-0.2, -0.15) is 0 Å². The zero-order valence-electron chi connectivity index (χ0n) is 14.8. The number of ether oxygens (including phenoxy) is 1. The molecule has 138 valence electrons. The molecule has 0 aliphatic heterocycles. The average molecular weight is 380 g/mol. The van der Waals surface area contributed by atoms with Crippen molar-refractivity contribution in [2.45, 2.75) is 12.5 Å². The molecule has 2 amide bonds. The number of hydrogen-bond donors (Lipinski definition) is 2. The molecule has 0 fully saturated rings. The third kappa shape index (κ3) is 5.18. The van der Waals surface area contributed by atoms with Crippen LogP contribution in [0, 0.1) is 0 Å². The van der Waals surface area contributed by atoms with Crippen molar-refractivity contribution >= 4 is 28.8 Å². The maximum atomic E-state index is 12.9. The zero-order valence-corrected chi connectivity index (χ0v) is 15.7. The van der Waals surface area contributed by atoms with Crippen molar-refractivity contribution in [2.75, 3.05) is 12.4 Å². The van der Waals surface area contributed by atoms with E-state index in [1.807, 2.05) is 47.8 Å². The Morgan fingerprint density at radius 2 is 1.74 bits per heavy atom. The lowest BCUT2D eigenvalue weighted by Crippen LogP contribution is -2.37. The fourth-order valence-corrected chi connectivity index (χ4v) is 3.32. The zero-order chi connectivity index (χ0) is 19.1. The molecule has 1 atom stereocenters. The molecule has 6 heteroatoms. The fraction of sp³-hybridized carbons (Fsp3) is 0.143. The van der Waals surface area contributed by atoms with Crippen molar-refractivity contribution in [1.82, 2.24) is 5.32 Å². The van der Waals surface area contributed by atoms with Crippen LogP contribution in [0.15, 0.2) is 72.1 Å². The summed E-state index contributed by atoms with van der Waals surface area (Å²) < 4.78 is 5.12. The molecule has 3 aromatic rings. The van der Waals surface area contributed by atoms with Gasteiger partial charge in [0.2, 0.25) is 5.91 Å². The second-order valence-corrected chi connectivity index (χ2v) is 6.92. The minimum atomic E-state index is -0.777. The van der Waals surface area contributed by atoms with Crippen LogP contribution in [0.3, 0.4) is 0 Å². The van der Waals surface area contributed by atoms with E-state index in [1.165, 1.54) is 11.3 Å². The van der Waals surface area contributed by atoms with Gasteiger partial charge in [0.25, 0.3) is 5.91 Å². The third-order valence-electron chi connectivity index (χ3n) is 3.97. The fourth-order valence-electron chi connectivity index (χ4n) is 2.62. The molecule has 5 nitrogen and oxygen atoms in total. The Hall–Kier alpha value is -3.12. The number of rotatable bonds is 7. The number of hydrogen-bond acceptors (Lipinski definition) is 4. The summed E-state index contributed by atoms with van der Waals surface area (Å²) >= 11 is 1.52. The molecule has 0 bridgehead atoms. The highest BCUT2D eigenvalue weighted by atomic mass is 32.1. The van der Waals surface area contributed by atoms with Crippen LogP contribution in [0.4, 0.5) is 5.69 Å². The molecule has 0 spiro atoms. The minimum absolute atomic E-state index is 0.198. The van der Waals surface area contributed by atoms with E-state index in [4.69, 9.17) is 4.74 Å². The lowest BCUT2D eigenvalue weighted by molar-refractivity contribution is -0.126. The SMILES string of the molecule is COc1ccc(NC(=O)C(NC(=O)Cc2cccs2)c2ccccc2)cc1. The Kier molecular flexibility index (Phi) is 6.22. The normalized spacial score (nSPS) is 11.4. The Bertz CT molecular complexity index is 878. The summed E-state index contributed by atoms with van der Waals surface area (Å²) in [5.41, 5.74) is 1.36. The molecular weight excluding hydrogens is 360 g/mol. The molecule has 1 heterocycles. The first-order valence-electron chi connectivity index (χ1n) is 8.47. The molecule has 1 aromatic heterocycles. The molecule has 2 N–H and O–H groups in total. The number of carbonyl (C=O) groups is 2. The number of thiophene rings is 1. The van der Waals surface area contributed by atoms with Gasteiger partial charge in [-0.1, -0.05) is 36.4 Å². The highest BCUT2D eigenvalue weighted by Gasteiger charge is 2.23. The van der Waals surface area contributed by atoms with Gasteiger partial charge >= 0.3 is 0 Å². The van der Waals surface area contributed by atoms with Crippen molar-refractivity contribution in [3.05, 3.63) is 82.6 Å². The topological polar surface area (TPSA) is 67.4 Å². The first-order valence-corrected chi connectivity index (χ1v) is 9.35. The third-order valence-corrected chi connectivity index (χ3v) is 4.85. The standard InChI is InChI=1S/C21H20N2O3S/c1-26-17-11-9-16(10-12-17)22-21(25)20(15-6-3-2-4-7-15)23-19(24)14-18-8-5-13-27-18/h2-13,20H,14H2,1H3,(H,22,25)(H,23,24). The highest BCUT2D eigenvalue weighted by molar-refractivity contribution is 7.10. The van der Waals surface area contributed by atoms with Gasteiger partial charge < -0.3 is 15.4 Å². The van der Waals surface area contributed by atoms with Crippen LogP contribution in [0.2, 0.25) is 0 Å². The van der Waals surface area contributed by atoms with E-state index in [1.54, 1.807) is 31.4 Å². The number of anilines is 1. The highest BCUT2D eigenvalue weighted by Crippen LogP contribution is 2.19. The summed E-state index contributed by atoms with van der Waals surface area (Å²) in [7, 11) is 1.59. The predicted octanol–water partition coefficient (Wildman–Crippen LogP) is 3.80. The summed E-state index contributed by atoms with van der Waals surface area (Å²) in [5, 5.41) is 7.62. The molecule has 0 aliphatic carbocycles. The lowest BCUT2D eigenvalue weighted by Gasteiger charge is -2.19. The van der Waals surface area contributed by atoms with Gasteiger partial charge in [-0.25, -0.2) is 0 Å². The largest absolute Gasteiger partial charge is 0.497 e. The Morgan fingerprint density at radius 3 is 2.37 bits per heavy atom. The van der Waals surface area contributed by atoms with E-state index in [0.29, 0.717) is 11.4 Å². The summed E-state index contributed by atoms with van der Waals surface area (Å²) in [6, 6.07) is 19.3. The van der Waals surface area contributed by atoms with E-state index in [9.17, 15) is 9.59 Å². The minimum Gasteiger partial charge on any atom is -0.497 e. The molecule has 0 saturated heterocycles. The summed E-state index contributed by atoms with van der Waals surface area (Å²) in [6.45, 7) is 0. The van der Waals surface area contributed by atoms with Crippen LogP contribution >= 0.6 is 11.3 Å². The van der Waals surface area contributed by atoms with Gasteiger partial charge in [0.1, 0.15) is 11.8 Å². The first kappa shape index (κ1) is 18.7. The van der Waals surface area contributed by atoms with Crippen molar-refractivity contribution in [3.8, 4) is 5.75 Å². The monoisotopic (exact) mass is 380 g/mol. The van der Waals surface area contributed by atoms with E-state index >= 15 is 0 Å². The van der Waals surface area contributed by atoms with E-state index in [0.717, 1.165) is 10.4 Å². The van der Waals surface area contributed by atoms with Crippen molar-refractivity contribution in [1.29, 1.82) is 0 Å². The molecule has 2 aromatic carbocycles. The second-order valence-electron chi connectivity index (χ2n) is 5.89. The summed E-state index contributed by atoms with van der Waals surface area (Å²) in [5.74, 6) is 0.207. The van der Waals surface area contributed by atoms with E-state index in [2.05, 4.69) is 10.6 Å². The molecule has 1 unspecified atom stereocenters. The van der Waals surface area contributed by atoms with Crippen molar-refractivity contribution in [3.63, 3.8) is 0 Å². The average Bonchev–Trinajstić information content (AvgIpc) is 3.20. The number of nitrogens with one attached hydrogen (secondary N) is 2. The predicted molar refractivity (Wildman–Crippen MR) is 107 cm³/mol. The molecule has 0 aliphatic rings. The van der Waals surface area contributed by atoms with Crippen molar-refractivity contribution in [2.24, 2.45) is 0 Å². The van der Waals surface area contributed by atoms with Crippen LogP contribution in [0.1, 0.15) is 16.5 Å². The Morgan fingerprint density at radius 1 is 1.00 bits per heavy atom. The molecule has 0 radical (unpaired) electrons. The lowest BCUT2D eigenvalue weighted by atomic mass is 10.1. The summed E-state index contributed by atoms with van der Waals surface area (Å²) in [4.78, 5) is 26.2.